The van der Waals surface area contributed by atoms with E-state index >= 15 is 0 Å². The van der Waals surface area contributed by atoms with E-state index in [4.69, 9.17) is 15.4 Å². The molecule has 3 nitrogen and oxygen atoms in total. The molecule has 5 heteroatoms. The zero-order valence-corrected chi connectivity index (χ0v) is 28.3. The molecule has 43 heavy (non-hydrogen) atoms. The van der Waals surface area contributed by atoms with Gasteiger partial charge in [-0.3, -0.25) is 0 Å². The van der Waals surface area contributed by atoms with Crippen LogP contribution in [0.1, 0.15) is 16.5 Å². The predicted molar refractivity (Wildman–Crippen MR) is 177 cm³/mol. The van der Waals surface area contributed by atoms with Crippen LogP contribution in [0.3, 0.4) is 0 Å². The van der Waals surface area contributed by atoms with Crippen molar-refractivity contribution in [3.63, 3.8) is 0 Å². The molecular formula is C38H32GeIrN2O-2. The fraction of sp³-hybridized carbons (Fsp3) is 0.105. The number of aromatic nitrogens is 2. The van der Waals surface area contributed by atoms with Crippen molar-refractivity contribution in [3.8, 4) is 33.6 Å². The zero-order chi connectivity index (χ0) is 36.0. The third kappa shape index (κ3) is 6.88. The van der Waals surface area contributed by atoms with Crippen molar-refractivity contribution in [3.05, 3.63) is 139 Å². The van der Waals surface area contributed by atoms with Crippen molar-refractivity contribution in [2.24, 2.45) is 0 Å². The van der Waals surface area contributed by atoms with Gasteiger partial charge in [-0.1, -0.05) is 65.4 Å². The maximum Gasteiger partial charge on any atom is 0.121 e. The molecule has 3 aromatic heterocycles. The predicted octanol–water partition coefficient (Wildman–Crippen LogP) is 9.52. The van der Waals surface area contributed by atoms with Crippen LogP contribution in [0.5, 0.6) is 0 Å². The number of aryl methyl sites for hydroxylation is 1. The molecule has 0 unspecified atom stereocenters. The minimum atomic E-state index is -2.08. The maximum absolute atomic E-state index is 8.22. The molecule has 1 radical (unpaired) electrons. The average molecular weight is 806 g/mol. The smallest absolute Gasteiger partial charge is 0.121 e. The van der Waals surface area contributed by atoms with Crippen LogP contribution in [0.15, 0.2) is 126 Å². The van der Waals surface area contributed by atoms with Crippen LogP contribution >= 0.6 is 0 Å². The minimum absolute atomic E-state index is 0. The van der Waals surface area contributed by atoms with Crippen LogP contribution in [0.2, 0.25) is 17.3 Å². The second-order valence-corrected chi connectivity index (χ2v) is 21.4. The number of hydrogen-bond donors (Lipinski definition) is 0. The Kier molecular flexibility index (Phi) is 6.70. The molecular weight excluding hydrogens is 765 g/mol. The van der Waals surface area contributed by atoms with Gasteiger partial charge in [-0.05, 0) is 29.0 Å². The Morgan fingerprint density at radius 2 is 1.67 bits per heavy atom. The summed E-state index contributed by atoms with van der Waals surface area (Å²) in [6.45, 7) is -2.08. The molecule has 0 spiro atoms. The summed E-state index contributed by atoms with van der Waals surface area (Å²) in [5.74, 6) is 6.98. The summed E-state index contributed by atoms with van der Waals surface area (Å²) >= 11 is -1.83. The molecule has 7 rings (SSSR count). The number of rotatable bonds is 4. The fourth-order valence-corrected chi connectivity index (χ4v) is 6.75. The van der Waals surface area contributed by atoms with E-state index in [-0.39, 0.29) is 49.8 Å². The van der Waals surface area contributed by atoms with Crippen molar-refractivity contribution in [1.29, 1.82) is 0 Å². The number of benzene rings is 4. The summed E-state index contributed by atoms with van der Waals surface area (Å²) in [4.78, 5) is 8.87. The molecule has 0 amide bonds. The van der Waals surface area contributed by atoms with E-state index in [1.54, 1.807) is 30.5 Å². The Bertz CT molecular complexity index is 2250. The van der Waals surface area contributed by atoms with Gasteiger partial charge in [0.25, 0.3) is 0 Å². The van der Waals surface area contributed by atoms with Gasteiger partial charge in [0, 0.05) is 31.7 Å². The molecule has 3 heterocycles. The zero-order valence-electron chi connectivity index (χ0n) is 31.8. The Balaban J connectivity index is 0.000000211. The summed E-state index contributed by atoms with van der Waals surface area (Å²) in [5.41, 5.74) is 5.31. The molecule has 0 saturated heterocycles. The van der Waals surface area contributed by atoms with Crippen LogP contribution in [0.4, 0.5) is 0 Å². The summed E-state index contributed by atoms with van der Waals surface area (Å²) in [7, 11) is 0. The topological polar surface area (TPSA) is 38.9 Å². The third-order valence-corrected chi connectivity index (χ3v) is 11.1. The average Bonchev–Trinajstić information content (AvgIpc) is 3.48. The van der Waals surface area contributed by atoms with Gasteiger partial charge >= 0.3 is 110 Å². The second-order valence-electron chi connectivity index (χ2n) is 10.8. The fourth-order valence-electron chi connectivity index (χ4n) is 4.57. The van der Waals surface area contributed by atoms with E-state index in [9.17, 15) is 0 Å². The summed E-state index contributed by atoms with van der Waals surface area (Å²) in [6.07, 6.45) is 3.65. The van der Waals surface area contributed by atoms with Crippen molar-refractivity contribution in [1.82, 2.24) is 9.97 Å². The quantitative estimate of drug-likeness (QED) is 0.132. The Morgan fingerprint density at radius 1 is 0.814 bits per heavy atom. The monoisotopic (exact) mass is 807 g/mol. The van der Waals surface area contributed by atoms with Gasteiger partial charge in [-0.25, -0.2) is 0 Å². The third-order valence-electron chi connectivity index (χ3n) is 6.86. The summed E-state index contributed by atoms with van der Waals surface area (Å²) in [5, 5.41) is 1.77. The molecule has 0 N–H and O–H groups in total. The molecule has 215 valence electrons. The first-order chi connectivity index (χ1) is 23.6. The largest absolute Gasteiger partial charge is 0.501 e. The number of fused-ring (bicyclic) bond motifs is 3. The van der Waals surface area contributed by atoms with E-state index in [0.717, 1.165) is 33.3 Å². The normalized spacial score (nSPS) is 14.0. The number of furan rings is 1. The summed E-state index contributed by atoms with van der Waals surface area (Å²) < 4.78 is 69.6. The first kappa shape index (κ1) is 21.8. The van der Waals surface area contributed by atoms with Crippen LogP contribution < -0.4 is 4.40 Å². The van der Waals surface area contributed by atoms with Crippen LogP contribution in [-0.2, 0) is 20.1 Å². The number of pyridine rings is 2. The van der Waals surface area contributed by atoms with Gasteiger partial charge < -0.3 is 9.40 Å². The van der Waals surface area contributed by atoms with E-state index in [2.05, 4.69) is 45.4 Å². The van der Waals surface area contributed by atoms with Gasteiger partial charge in [-0.2, -0.15) is 0 Å². The van der Waals surface area contributed by atoms with E-state index in [0.29, 0.717) is 22.3 Å². The van der Waals surface area contributed by atoms with Gasteiger partial charge in [0.1, 0.15) is 5.58 Å². The van der Waals surface area contributed by atoms with Crippen LogP contribution in [0, 0.1) is 19.0 Å². The van der Waals surface area contributed by atoms with Gasteiger partial charge in [0.2, 0.25) is 0 Å². The van der Waals surface area contributed by atoms with E-state index in [1.807, 2.05) is 48.7 Å². The number of nitrogens with zero attached hydrogens (tertiary/aromatic N) is 2. The first-order valence-electron chi connectivity index (χ1n) is 17.5. The molecule has 0 aliphatic carbocycles. The molecule has 0 aliphatic rings. The molecule has 0 saturated carbocycles. The minimum Gasteiger partial charge on any atom is -0.501 e. The Labute approximate surface area is 281 Å². The van der Waals surface area contributed by atoms with Crippen molar-refractivity contribution < 1.29 is 35.5 Å². The molecule has 0 bridgehead atoms. The SMILES string of the molecule is [2H]C([2H])([2H])c1c[c-]c(-c2cc[c]([Ge]([CH3])([CH3])[CH3])cn2)cc1.[2H]c1c([2H])c([2H])c(-c2ccc3c(c2)oc2c(-c4ccccn4)[c-]ccc23)c([2H])c1[2H].[Ir]. The Hall–Kier alpha value is -3.83. The van der Waals surface area contributed by atoms with Crippen LogP contribution in [0.25, 0.3) is 55.6 Å². The van der Waals surface area contributed by atoms with Crippen molar-refractivity contribution >= 4 is 39.6 Å². The van der Waals surface area contributed by atoms with Crippen LogP contribution in [-0.4, -0.2) is 23.2 Å². The van der Waals surface area contributed by atoms with Crippen molar-refractivity contribution in [2.75, 3.05) is 0 Å². The molecule has 0 atom stereocenters. The molecule has 0 aliphatic heterocycles. The second kappa shape index (κ2) is 13.2. The van der Waals surface area contributed by atoms with E-state index in [1.165, 1.54) is 10.5 Å². The van der Waals surface area contributed by atoms with Crippen molar-refractivity contribution in [2.45, 2.75) is 24.1 Å². The maximum atomic E-state index is 8.22. The van der Waals surface area contributed by atoms with E-state index < -0.39 is 26.2 Å². The standard InChI is InChI=1S/C23H14NO.C15H18GeN.Ir/c1-2-7-16(8-3-1)17-12-13-18-19-9-6-10-20(21-11-4-5-14-24-21)23(19)25-22(18)15-17;1-12-5-7-13(8-6-12)15-10-9-14(11-17-15)16(2,3)4;/h1-9,11-15H;5-7,9-11H,1-4H3;/q2*-1;/i1D,2D,3D,7D,8D;1D3;. The van der Waals surface area contributed by atoms with Gasteiger partial charge in [0.15, 0.2) is 0 Å². The molecule has 4 aromatic carbocycles. The van der Waals surface area contributed by atoms with Gasteiger partial charge in [0.05, 0.1) is 12.4 Å². The number of hydrogen-bond acceptors (Lipinski definition) is 3. The molecule has 7 aromatic rings. The van der Waals surface area contributed by atoms with Gasteiger partial charge in [-0.15, -0.1) is 18.2 Å². The molecule has 0 fully saturated rings. The Morgan fingerprint density at radius 3 is 2.35 bits per heavy atom. The summed E-state index contributed by atoms with van der Waals surface area (Å²) in [6, 6.07) is 28.3. The first-order valence-corrected chi connectivity index (χ1v) is 20.8.